The quantitative estimate of drug-likeness (QED) is 0.874. The Hall–Kier alpha value is -2.86. The third-order valence-corrected chi connectivity index (χ3v) is 4.24. The number of nitrogens with zero attached hydrogens (tertiary/aromatic N) is 2. The number of hydrogen-bond donors (Lipinski definition) is 2. The number of H-pyrrole nitrogens is 1. The minimum Gasteiger partial charge on any atom is -0.377 e. The molecule has 6 nitrogen and oxygen atoms in total. The molecule has 0 fully saturated rings. The van der Waals surface area contributed by atoms with Crippen molar-refractivity contribution in [3.8, 4) is 6.07 Å². The fraction of sp³-hybridized carbons (Fsp3) is 0.353. The van der Waals surface area contributed by atoms with Crippen molar-refractivity contribution in [2.45, 2.75) is 31.5 Å². The van der Waals surface area contributed by atoms with E-state index in [2.05, 4.69) is 15.3 Å². The molecule has 1 aromatic carbocycles. The van der Waals surface area contributed by atoms with Crippen molar-refractivity contribution in [3.05, 3.63) is 51.7 Å². The van der Waals surface area contributed by atoms with Crippen molar-refractivity contribution >= 4 is 11.4 Å². The van der Waals surface area contributed by atoms with Gasteiger partial charge in [0.05, 0.1) is 36.4 Å². The van der Waals surface area contributed by atoms with Gasteiger partial charge in [-0.25, -0.2) is 4.98 Å². The molecule has 2 N–H and O–H groups in total. The second-order valence-corrected chi connectivity index (χ2v) is 6.22. The maximum absolute atomic E-state index is 14.4. The first kappa shape index (κ1) is 17.9. The van der Waals surface area contributed by atoms with Gasteiger partial charge in [0.15, 0.2) is 5.41 Å². The second-order valence-electron chi connectivity index (χ2n) is 6.22. The van der Waals surface area contributed by atoms with Crippen LogP contribution in [-0.4, -0.2) is 28.9 Å². The van der Waals surface area contributed by atoms with E-state index < -0.39 is 35.6 Å². The molecule has 0 saturated heterocycles. The predicted molar refractivity (Wildman–Crippen MR) is 87.2 cm³/mol. The van der Waals surface area contributed by atoms with Gasteiger partial charge in [-0.1, -0.05) is 0 Å². The van der Waals surface area contributed by atoms with Crippen molar-refractivity contribution in [1.29, 1.82) is 5.26 Å². The van der Waals surface area contributed by atoms with Crippen molar-refractivity contribution in [2.24, 2.45) is 0 Å². The van der Waals surface area contributed by atoms with Crippen LogP contribution < -0.4 is 10.9 Å². The van der Waals surface area contributed by atoms with E-state index in [-0.39, 0.29) is 22.5 Å². The fourth-order valence-corrected chi connectivity index (χ4v) is 2.98. The molecular formula is C17H15F3N4O2. The van der Waals surface area contributed by atoms with Crippen molar-refractivity contribution < 1.29 is 17.9 Å². The number of anilines is 2. The summed E-state index contributed by atoms with van der Waals surface area (Å²) in [6.07, 6.45) is -4.36. The molecule has 1 aromatic heterocycles. The van der Waals surface area contributed by atoms with E-state index in [1.807, 2.05) is 6.07 Å². The highest BCUT2D eigenvalue weighted by atomic mass is 19.4. The number of nitriles is 1. The van der Waals surface area contributed by atoms with E-state index in [1.54, 1.807) is 13.8 Å². The molecule has 2 heterocycles. The molecule has 0 saturated carbocycles. The van der Waals surface area contributed by atoms with Gasteiger partial charge in [-0.2, -0.15) is 18.4 Å². The van der Waals surface area contributed by atoms with Crippen molar-refractivity contribution in [1.82, 2.24) is 9.97 Å². The molecule has 136 valence electrons. The van der Waals surface area contributed by atoms with Crippen LogP contribution in [0, 0.1) is 11.3 Å². The van der Waals surface area contributed by atoms with Crippen LogP contribution in [0.1, 0.15) is 30.7 Å². The monoisotopic (exact) mass is 364 g/mol. The highest BCUT2D eigenvalue weighted by Crippen LogP contribution is 2.53. The van der Waals surface area contributed by atoms with E-state index in [0.29, 0.717) is 0 Å². The highest BCUT2D eigenvalue weighted by molar-refractivity contribution is 5.75. The Kier molecular flexibility index (Phi) is 4.24. The van der Waals surface area contributed by atoms with Crippen LogP contribution in [0.4, 0.5) is 24.5 Å². The zero-order chi connectivity index (χ0) is 19.1. The smallest absolute Gasteiger partial charge is 0.377 e. The van der Waals surface area contributed by atoms with E-state index in [0.717, 1.165) is 12.4 Å². The summed E-state index contributed by atoms with van der Waals surface area (Å²) in [5.74, 6) is 0. The first-order chi connectivity index (χ1) is 12.2. The van der Waals surface area contributed by atoms with Crippen LogP contribution in [0.25, 0.3) is 0 Å². The average molecular weight is 364 g/mol. The van der Waals surface area contributed by atoms with Gasteiger partial charge in [0.25, 0.3) is 5.56 Å². The Morgan fingerprint density at radius 2 is 2.12 bits per heavy atom. The summed E-state index contributed by atoms with van der Waals surface area (Å²) < 4.78 is 48.6. The molecule has 0 unspecified atom stereocenters. The molecule has 1 aliphatic rings. The number of alkyl halides is 3. The van der Waals surface area contributed by atoms with Gasteiger partial charge >= 0.3 is 6.18 Å². The standard InChI is InChI=1S/C17H15F3N4O2/c1-9(2)26-7-16(17(18,19)20)11-5-10(6-21)3-4-12(11)24-13-14(16)22-8-23-15(13)25/h3-5,8-9,24H,7H2,1-2H3,(H,22,23,25)/t16-/m1/s1. The summed E-state index contributed by atoms with van der Waals surface area (Å²) in [5.41, 5.74) is -4.20. The largest absolute Gasteiger partial charge is 0.406 e. The zero-order valence-corrected chi connectivity index (χ0v) is 13.9. The maximum Gasteiger partial charge on any atom is 0.406 e. The molecule has 0 radical (unpaired) electrons. The molecule has 9 heteroatoms. The van der Waals surface area contributed by atoms with Gasteiger partial charge in [-0.15, -0.1) is 0 Å². The highest BCUT2D eigenvalue weighted by Gasteiger charge is 2.62. The van der Waals surface area contributed by atoms with Crippen molar-refractivity contribution in [3.63, 3.8) is 0 Å². The topological polar surface area (TPSA) is 90.8 Å². The molecule has 0 aliphatic carbocycles. The number of nitrogens with one attached hydrogen (secondary N) is 2. The third kappa shape index (κ3) is 2.63. The van der Waals surface area contributed by atoms with E-state index >= 15 is 0 Å². The number of aromatic amines is 1. The molecule has 1 atom stereocenters. The van der Waals surface area contributed by atoms with Gasteiger partial charge in [-0.05, 0) is 32.0 Å². The van der Waals surface area contributed by atoms with Gasteiger partial charge in [0.1, 0.15) is 5.69 Å². The van der Waals surface area contributed by atoms with E-state index in [9.17, 15) is 18.0 Å². The van der Waals surface area contributed by atoms with Gasteiger partial charge < -0.3 is 15.0 Å². The van der Waals surface area contributed by atoms with Crippen LogP contribution in [0.2, 0.25) is 0 Å². The van der Waals surface area contributed by atoms with Crippen LogP contribution in [-0.2, 0) is 10.2 Å². The molecule has 2 aromatic rings. The van der Waals surface area contributed by atoms with Gasteiger partial charge in [0.2, 0.25) is 0 Å². The lowest BCUT2D eigenvalue weighted by atomic mass is 9.73. The van der Waals surface area contributed by atoms with Crippen molar-refractivity contribution in [2.75, 3.05) is 11.9 Å². The number of benzene rings is 1. The Bertz CT molecular complexity index is 946. The molecule has 0 amide bonds. The first-order valence-corrected chi connectivity index (χ1v) is 7.79. The minimum atomic E-state index is -4.82. The summed E-state index contributed by atoms with van der Waals surface area (Å²) in [6, 6.07) is 5.73. The Morgan fingerprint density at radius 1 is 1.38 bits per heavy atom. The number of ether oxygens (including phenoxy) is 1. The number of hydrogen-bond acceptors (Lipinski definition) is 5. The SMILES string of the molecule is CC(C)OC[C@@]1(C(F)(F)F)c2cc(C#N)ccc2Nc2c1nc[nH]c2=O. The summed E-state index contributed by atoms with van der Waals surface area (Å²) in [6.45, 7) is 2.47. The summed E-state index contributed by atoms with van der Waals surface area (Å²) in [7, 11) is 0. The molecule has 0 spiro atoms. The molecule has 1 aliphatic heterocycles. The van der Waals surface area contributed by atoms with Gasteiger partial charge in [-0.3, -0.25) is 4.79 Å². The Balaban J connectivity index is 2.39. The third-order valence-electron chi connectivity index (χ3n) is 4.24. The second kappa shape index (κ2) is 6.14. The lowest BCUT2D eigenvalue weighted by Crippen LogP contribution is -2.51. The number of fused-ring (bicyclic) bond motifs is 2. The zero-order valence-electron chi connectivity index (χ0n) is 13.9. The average Bonchev–Trinajstić information content (AvgIpc) is 2.57. The van der Waals surface area contributed by atoms with Crippen LogP contribution in [0.15, 0.2) is 29.3 Å². The predicted octanol–water partition coefficient (Wildman–Crippen LogP) is 2.97. The van der Waals surface area contributed by atoms with Crippen LogP contribution in [0.5, 0.6) is 0 Å². The number of aromatic nitrogens is 2. The Morgan fingerprint density at radius 3 is 2.73 bits per heavy atom. The molecule has 26 heavy (non-hydrogen) atoms. The summed E-state index contributed by atoms with van der Waals surface area (Å²) in [5, 5.41) is 11.8. The van der Waals surface area contributed by atoms with Crippen LogP contribution >= 0.6 is 0 Å². The normalized spacial score (nSPS) is 18.7. The molecule has 3 rings (SSSR count). The Labute approximate surface area is 146 Å². The van der Waals surface area contributed by atoms with Crippen LogP contribution in [0.3, 0.4) is 0 Å². The number of rotatable bonds is 3. The van der Waals surface area contributed by atoms with E-state index in [1.165, 1.54) is 12.1 Å². The maximum atomic E-state index is 14.4. The summed E-state index contributed by atoms with van der Waals surface area (Å²) >= 11 is 0. The van der Waals surface area contributed by atoms with E-state index in [4.69, 9.17) is 10.00 Å². The summed E-state index contributed by atoms with van der Waals surface area (Å²) in [4.78, 5) is 18.2. The molecule has 0 bridgehead atoms. The lowest BCUT2D eigenvalue weighted by molar-refractivity contribution is -0.196. The fourth-order valence-electron chi connectivity index (χ4n) is 2.98. The lowest BCUT2D eigenvalue weighted by Gasteiger charge is -2.40. The number of halogens is 3. The minimum absolute atomic E-state index is 0.0667. The van der Waals surface area contributed by atoms with Gasteiger partial charge in [0, 0.05) is 11.3 Å². The molecular weight excluding hydrogens is 349 g/mol. The first-order valence-electron chi connectivity index (χ1n) is 7.79.